The Balaban J connectivity index is 3.15. The van der Waals surface area contributed by atoms with E-state index < -0.39 is 6.10 Å². The van der Waals surface area contributed by atoms with Crippen LogP contribution in [0.25, 0.3) is 0 Å². The number of ether oxygens (including phenoxy) is 2. The first-order valence-corrected chi connectivity index (χ1v) is 7.25. The zero-order valence-electron chi connectivity index (χ0n) is 12.3. The molecule has 0 aliphatic rings. The topological polar surface area (TPSA) is 50.7 Å². The van der Waals surface area contributed by atoms with Crippen LogP contribution in [0.1, 0.15) is 46.5 Å². The van der Waals surface area contributed by atoms with Gasteiger partial charge in [-0.2, -0.15) is 0 Å². The van der Waals surface area contributed by atoms with Gasteiger partial charge in [0.1, 0.15) is 0 Å². The second kappa shape index (κ2) is 13.3. The molecule has 18 heavy (non-hydrogen) atoms. The van der Waals surface area contributed by atoms with Crippen molar-refractivity contribution in [2.24, 2.45) is 0 Å². The fraction of sp³-hybridized carbons (Fsp3) is 1.00. The van der Waals surface area contributed by atoms with E-state index >= 15 is 0 Å². The smallest absolute Gasteiger partial charge is 0.0897 e. The van der Waals surface area contributed by atoms with Gasteiger partial charge in [-0.25, -0.2) is 0 Å². The van der Waals surface area contributed by atoms with Crippen LogP contribution in [-0.2, 0) is 9.47 Å². The number of aliphatic hydroxyl groups is 1. The molecule has 0 fully saturated rings. The number of aliphatic hydroxyl groups excluding tert-OH is 1. The summed E-state index contributed by atoms with van der Waals surface area (Å²) in [7, 11) is 0. The molecular formula is C14H31NO3. The van der Waals surface area contributed by atoms with Crippen molar-refractivity contribution >= 4 is 0 Å². The SMILES string of the molecule is CCCCCCNCC(O)COCCOC(C)C. The van der Waals surface area contributed by atoms with Crippen molar-refractivity contribution in [3.05, 3.63) is 0 Å². The maximum atomic E-state index is 9.63. The minimum atomic E-state index is -0.421. The molecular weight excluding hydrogens is 230 g/mol. The average molecular weight is 261 g/mol. The van der Waals surface area contributed by atoms with Crippen molar-refractivity contribution in [3.8, 4) is 0 Å². The van der Waals surface area contributed by atoms with Gasteiger partial charge in [0.25, 0.3) is 0 Å². The fourth-order valence-electron chi connectivity index (χ4n) is 1.57. The molecule has 2 N–H and O–H groups in total. The van der Waals surface area contributed by atoms with E-state index in [1.807, 2.05) is 13.8 Å². The Kier molecular flexibility index (Phi) is 13.2. The van der Waals surface area contributed by atoms with E-state index in [2.05, 4.69) is 12.2 Å². The highest BCUT2D eigenvalue weighted by Gasteiger charge is 2.03. The highest BCUT2D eigenvalue weighted by atomic mass is 16.5. The highest BCUT2D eigenvalue weighted by molar-refractivity contribution is 4.58. The summed E-state index contributed by atoms with van der Waals surface area (Å²) < 4.78 is 10.7. The van der Waals surface area contributed by atoms with Crippen LogP contribution in [0.5, 0.6) is 0 Å². The zero-order valence-corrected chi connectivity index (χ0v) is 12.3. The molecule has 0 aromatic rings. The van der Waals surface area contributed by atoms with Crippen LogP contribution >= 0.6 is 0 Å². The van der Waals surface area contributed by atoms with Crippen LogP contribution < -0.4 is 5.32 Å². The Hall–Kier alpha value is -0.160. The second-order valence-corrected chi connectivity index (χ2v) is 4.91. The minimum Gasteiger partial charge on any atom is -0.389 e. The van der Waals surface area contributed by atoms with E-state index in [-0.39, 0.29) is 6.10 Å². The van der Waals surface area contributed by atoms with Crippen LogP contribution in [0.3, 0.4) is 0 Å². The van der Waals surface area contributed by atoms with Crippen LogP contribution in [0, 0.1) is 0 Å². The van der Waals surface area contributed by atoms with E-state index in [0.29, 0.717) is 26.4 Å². The summed E-state index contributed by atoms with van der Waals surface area (Å²) in [6.07, 6.45) is 4.82. The van der Waals surface area contributed by atoms with Crippen molar-refractivity contribution < 1.29 is 14.6 Å². The Morgan fingerprint density at radius 2 is 1.89 bits per heavy atom. The lowest BCUT2D eigenvalue weighted by atomic mass is 10.2. The van der Waals surface area contributed by atoms with Crippen LogP contribution in [0.2, 0.25) is 0 Å². The number of hydrogen-bond acceptors (Lipinski definition) is 4. The molecule has 4 nitrogen and oxygen atoms in total. The van der Waals surface area contributed by atoms with Crippen molar-refractivity contribution in [1.29, 1.82) is 0 Å². The van der Waals surface area contributed by atoms with Crippen LogP contribution in [-0.4, -0.2) is 50.2 Å². The minimum absolute atomic E-state index is 0.239. The fourth-order valence-corrected chi connectivity index (χ4v) is 1.57. The summed E-state index contributed by atoms with van der Waals surface area (Å²) >= 11 is 0. The number of rotatable bonds is 13. The first kappa shape index (κ1) is 17.8. The Bertz CT molecular complexity index is 165. The molecule has 1 atom stereocenters. The molecule has 0 spiro atoms. The summed E-state index contributed by atoms with van der Waals surface area (Å²) in [5, 5.41) is 12.9. The third-order valence-corrected chi connectivity index (χ3v) is 2.58. The first-order chi connectivity index (χ1) is 8.66. The van der Waals surface area contributed by atoms with Crippen molar-refractivity contribution in [1.82, 2.24) is 5.32 Å². The molecule has 0 aromatic carbocycles. The third-order valence-electron chi connectivity index (χ3n) is 2.58. The standard InChI is InChI=1S/C14H31NO3/c1-4-5-6-7-8-15-11-14(16)12-17-9-10-18-13(2)3/h13-16H,4-12H2,1-3H3. The van der Waals surface area contributed by atoms with Gasteiger partial charge in [0, 0.05) is 6.54 Å². The molecule has 0 saturated heterocycles. The van der Waals surface area contributed by atoms with Gasteiger partial charge in [-0.1, -0.05) is 26.2 Å². The summed E-state index contributed by atoms with van der Waals surface area (Å²) in [4.78, 5) is 0. The molecule has 0 aliphatic heterocycles. The molecule has 4 heteroatoms. The summed E-state index contributed by atoms with van der Waals surface area (Å²) in [6.45, 7) is 9.31. The molecule has 0 aromatic heterocycles. The Morgan fingerprint density at radius 1 is 1.11 bits per heavy atom. The van der Waals surface area contributed by atoms with Gasteiger partial charge in [0.05, 0.1) is 32.0 Å². The second-order valence-electron chi connectivity index (χ2n) is 4.91. The monoisotopic (exact) mass is 261 g/mol. The van der Waals surface area contributed by atoms with Crippen LogP contribution in [0.4, 0.5) is 0 Å². The molecule has 110 valence electrons. The lowest BCUT2D eigenvalue weighted by Crippen LogP contribution is -2.31. The molecule has 0 amide bonds. The maximum absolute atomic E-state index is 9.63. The number of nitrogens with one attached hydrogen (secondary N) is 1. The summed E-state index contributed by atoms with van der Waals surface area (Å²) in [5.74, 6) is 0. The van der Waals surface area contributed by atoms with Gasteiger partial charge in [-0.05, 0) is 26.8 Å². The van der Waals surface area contributed by atoms with Gasteiger partial charge in [-0.3, -0.25) is 0 Å². The summed E-state index contributed by atoms with van der Waals surface area (Å²) in [5.41, 5.74) is 0. The molecule has 0 saturated carbocycles. The molecule has 0 rings (SSSR count). The van der Waals surface area contributed by atoms with E-state index in [1.165, 1.54) is 25.7 Å². The number of unbranched alkanes of at least 4 members (excludes halogenated alkanes) is 3. The van der Waals surface area contributed by atoms with E-state index in [9.17, 15) is 5.11 Å². The van der Waals surface area contributed by atoms with Gasteiger partial charge in [0.2, 0.25) is 0 Å². The van der Waals surface area contributed by atoms with Gasteiger partial charge < -0.3 is 19.9 Å². The van der Waals surface area contributed by atoms with Gasteiger partial charge in [0.15, 0.2) is 0 Å². The Labute approximate surface area is 112 Å². The first-order valence-electron chi connectivity index (χ1n) is 7.25. The normalized spacial score (nSPS) is 13.2. The lowest BCUT2D eigenvalue weighted by molar-refractivity contribution is -0.00992. The number of hydrogen-bond donors (Lipinski definition) is 2. The molecule has 0 aliphatic carbocycles. The molecule has 1 unspecified atom stereocenters. The van der Waals surface area contributed by atoms with Crippen molar-refractivity contribution in [3.63, 3.8) is 0 Å². The molecule has 0 bridgehead atoms. The van der Waals surface area contributed by atoms with Crippen molar-refractivity contribution in [2.45, 2.75) is 58.7 Å². The van der Waals surface area contributed by atoms with E-state index in [0.717, 1.165) is 6.54 Å². The largest absolute Gasteiger partial charge is 0.389 e. The lowest BCUT2D eigenvalue weighted by Gasteiger charge is -2.13. The van der Waals surface area contributed by atoms with Gasteiger partial charge >= 0.3 is 0 Å². The third kappa shape index (κ3) is 13.9. The predicted octanol–water partition coefficient (Wildman–Crippen LogP) is 1.96. The van der Waals surface area contributed by atoms with Crippen LogP contribution in [0.15, 0.2) is 0 Å². The van der Waals surface area contributed by atoms with Gasteiger partial charge in [-0.15, -0.1) is 0 Å². The summed E-state index contributed by atoms with van der Waals surface area (Å²) in [6, 6.07) is 0. The Morgan fingerprint density at radius 3 is 2.56 bits per heavy atom. The maximum Gasteiger partial charge on any atom is 0.0897 e. The molecule has 0 heterocycles. The average Bonchev–Trinajstić information content (AvgIpc) is 2.33. The molecule has 0 radical (unpaired) electrons. The quantitative estimate of drug-likeness (QED) is 0.498. The van der Waals surface area contributed by atoms with Crippen molar-refractivity contribution in [2.75, 3.05) is 32.9 Å². The highest BCUT2D eigenvalue weighted by Crippen LogP contribution is 1.97. The van der Waals surface area contributed by atoms with E-state index in [4.69, 9.17) is 9.47 Å². The predicted molar refractivity (Wildman–Crippen MR) is 74.9 cm³/mol. The van der Waals surface area contributed by atoms with E-state index in [1.54, 1.807) is 0 Å². The zero-order chi connectivity index (χ0) is 13.6.